The molecule has 2 aliphatic rings. The third-order valence-electron chi connectivity index (χ3n) is 11.5. The molecule has 8 aromatic rings. The molecule has 0 aliphatic heterocycles. The van der Waals surface area contributed by atoms with Gasteiger partial charge in [0.2, 0.25) is 0 Å². The lowest BCUT2D eigenvalue weighted by Gasteiger charge is -2.28. The van der Waals surface area contributed by atoms with E-state index in [0.717, 1.165) is 34.8 Å². The molecule has 0 spiro atoms. The number of hydrogen-bond acceptors (Lipinski definition) is 3. The van der Waals surface area contributed by atoms with Crippen LogP contribution < -0.4 is 4.90 Å². The van der Waals surface area contributed by atoms with Crippen LogP contribution in [0.2, 0.25) is 0 Å². The number of benzene rings is 7. The predicted octanol–water partition coefficient (Wildman–Crippen LogP) is 15.0. The van der Waals surface area contributed by atoms with E-state index in [1.165, 1.54) is 75.8 Å². The fraction of sp³-hybridized carbons (Fsp3) is 0.0980. The van der Waals surface area contributed by atoms with Gasteiger partial charge in [-0.3, -0.25) is 0 Å². The summed E-state index contributed by atoms with van der Waals surface area (Å²) in [6.07, 6.45) is 6.73. The van der Waals surface area contributed by atoms with E-state index in [4.69, 9.17) is 12.6 Å². The van der Waals surface area contributed by atoms with E-state index in [1.54, 1.807) is 0 Å². The molecule has 0 amide bonds. The molecule has 3 heteroatoms. The Morgan fingerprint density at radius 1 is 0.574 bits per heavy atom. The summed E-state index contributed by atoms with van der Waals surface area (Å²) in [5.41, 5.74) is 16.3. The van der Waals surface area contributed by atoms with Crippen LogP contribution >= 0.6 is 24.0 Å². The molecule has 7 aromatic carbocycles. The molecule has 0 radical (unpaired) electrons. The Kier molecular flexibility index (Phi) is 7.98. The van der Waals surface area contributed by atoms with Crippen LogP contribution in [0.25, 0.3) is 53.6 Å². The highest BCUT2D eigenvalue weighted by atomic mass is 32.1. The summed E-state index contributed by atoms with van der Waals surface area (Å²) in [6, 6.07) is 57.9. The zero-order chi connectivity index (χ0) is 36.4. The van der Waals surface area contributed by atoms with Gasteiger partial charge in [-0.25, -0.2) is 0 Å². The van der Waals surface area contributed by atoms with Gasteiger partial charge in [0.1, 0.15) is 0 Å². The fourth-order valence-electron chi connectivity index (χ4n) is 8.67. The zero-order valence-electron chi connectivity index (χ0n) is 30.4. The summed E-state index contributed by atoms with van der Waals surface area (Å²) < 4.78 is 2.74. The van der Waals surface area contributed by atoms with E-state index in [1.807, 2.05) is 17.4 Å². The molecule has 0 bridgehead atoms. The summed E-state index contributed by atoms with van der Waals surface area (Å²) in [5.74, 6) is 0. The molecule has 1 heterocycles. The lowest BCUT2D eigenvalue weighted by atomic mass is 9.82. The number of thiophene rings is 1. The topological polar surface area (TPSA) is 3.24 Å². The highest BCUT2D eigenvalue weighted by Crippen LogP contribution is 2.55. The first-order chi connectivity index (χ1) is 26.4. The summed E-state index contributed by atoms with van der Waals surface area (Å²) in [7, 11) is 0. The van der Waals surface area contributed by atoms with E-state index >= 15 is 0 Å². The summed E-state index contributed by atoms with van der Waals surface area (Å²) >= 11 is 6.68. The van der Waals surface area contributed by atoms with Gasteiger partial charge in [-0.1, -0.05) is 135 Å². The van der Waals surface area contributed by atoms with Gasteiger partial charge >= 0.3 is 0 Å². The fourth-order valence-corrected chi connectivity index (χ4v) is 10.2. The van der Waals surface area contributed by atoms with Gasteiger partial charge in [-0.2, -0.15) is 0 Å². The van der Waals surface area contributed by atoms with Crippen molar-refractivity contribution >= 4 is 72.3 Å². The van der Waals surface area contributed by atoms with Crippen LogP contribution in [0.5, 0.6) is 0 Å². The second kappa shape index (κ2) is 13.1. The van der Waals surface area contributed by atoms with Crippen molar-refractivity contribution < 1.29 is 0 Å². The van der Waals surface area contributed by atoms with E-state index in [0.29, 0.717) is 0 Å². The van der Waals surface area contributed by atoms with Crippen LogP contribution in [0.3, 0.4) is 0 Å². The van der Waals surface area contributed by atoms with Crippen molar-refractivity contribution in [2.75, 3.05) is 4.90 Å². The number of allylic oxidation sites excluding steroid dienone is 4. The minimum atomic E-state index is -0.137. The van der Waals surface area contributed by atoms with Crippen molar-refractivity contribution in [1.82, 2.24) is 0 Å². The molecule has 0 saturated carbocycles. The van der Waals surface area contributed by atoms with Crippen molar-refractivity contribution in [3.05, 3.63) is 192 Å². The summed E-state index contributed by atoms with van der Waals surface area (Å²) in [6.45, 7) is 4.78. The third kappa shape index (κ3) is 5.45. The van der Waals surface area contributed by atoms with E-state index in [2.05, 4.69) is 183 Å². The van der Waals surface area contributed by atoms with Gasteiger partial charge in [-0.05, 0) is 111 Å². The first kappa shape index (κ1) is 33.0. The van der Waals surface area contributed by atoms with Crippen molar-refractivity contribution in [1.29, 1.82) is 0 Å². The van der Waals surface area contributed by atoms with Crippen LogP contribution in [0.1, 0.15) is 48.9 Å². The standard InChI is InChI=1S/C51H39NS2/c1-51(2)45-30-29-43-42-16-7-9-18-48(42)54-50(43)49(45)44-28-27-40(32-46(44)51)52(38-23-19-34(20-24-38)33-11-4-3-5-12-33)39-25-21-35(22-26-39)36-13-10-14-37(31-36)41-15-6-8-17-47(41)53/h3-9,11-12,14-32,53H,10,13H2,1-2H3. The molecule has 0 unspecified atom stereocenters. The Morgan fingerprint density at radius 2 is 1.24 bits per heavy atom. The molecule has 1 aromatic heterocycles. The van der Waals surface area contributed by atoms with Crippen molar-refractivity contribution in [3.63, 3.8) is 0 Å². The molecular formula is C51H39NS2. The minimum Gasteiger partial charge on any atom is -0.310 e. The zero-order valence-corrected chi connectivity index (χ0v) is 32.1. The minimum absolute atomic E-state index is 0.137. The van der Waals surface area contributed by atoms with Crippen molar-refractivity contribution in [3.8, 4) is 22.3 Å². The molecule has 1 nitrogen and oxygen atoms in total. The summed E-state index contributed by atoms with van der Waals surface area (Å²) in [4.78, 5) is 3.43. The van der Waals surface area contributed by atoms with Gasteiger partial charge in [0, 0.05) is 53.1 Å². The van der Waals surface area contributed by atoms with Crippen LogP contribution in [0, 0.1) is 0 Å². The van der Waals surface area contributed by atoms with E-state index in [-0.39, 0.29) is 5.41 Å². The SMILES string of the molecule is CC1(C)c2cc(N(c3ccc(C4=CC(c5ccccc5S)=CCC4)cc3)c3ccc(-c4ccccc4)cc3)ccc2-c2c1ccc1c2sc2ccccc21. The molecule has 0 saturated heterocycles. The second-order valence-electron chi connectivity index (χ2n) is 15.0. The second-order valence-corrected chi connectivity index (χ2v) is 16.5. The average Bonchev–Trinajstić information content (AvgIpc) is 3.71. The maximum atomic E-state index is 4.76. The van der Waals surface area contributed by atoms with Gasteiger partial charge in [-0.15, -0.1) is 24.0 Å². The number of anilines is 3. The molecule has 260 valence electrons. The highest BCUT2D eigenvalue weighted by Gasteiger charge is 2.37. The number of thiol groups is 1. The van der Waals surface area contributed by atoms with Crippen LogP contribution in [-0.2, 0) is 5.41 Å². The van der Waals surface area contributed by atoms with Crippen LogP contribution in [0.15, 0.2) is 175 Å². The third-order valence-corrected chi connectivity index (χ3v) is 13.1. The number of fused-ring (bicyclic) bond motifs is 7. The summed E-state index contributed by atoms with van der Waals surface area (Å²) in [5, 5.41) is 2.70. The number of hydrogen-bond donors (Lipinski definition) is 1. The Balaban J connectivity index is 1.07. The molecule has 2 aliphatic carbocycles. The van der Waals surface area contributed by atoms with E-state index < -0.39 is 0 Å². The molecule has 10 rings (SSSR count). The molecule has 0 atom stereocenters. The first-order valence-corrected chi connectivity index (χ1v) is 20.1. The van der Waals surface area contributed by atoms with Gasteiger partial charge in [0.15, 0.2) is 0 Å². The molecule has 0 N–H and O–H groups in total. The lowest BCUT2D eigenvalue weighted by Crippen LogP contribution is -2.16. The van der Waals surface area contributed by atoms with Crippen LogP contribution in [-0.4, -0.2) is 0 Å². The van der Waals surface area contributed by atoms with Crippen molar-refractivity contribution in [2.24, 2.45) is 0 Å². The Labute approximate surface area is 327 Å². The lowest BCUT2D eigenvalue weighted by molar-refractivity contribution is 0.661. The number of nitrogens with zero attached hydrogens (tertiary/aromatic N) is 1. The highest BCUT2D eigenvalue weighted by molar-refractivity contribution is 7.80. The van der Waals surface area contributed by atoms with Gasteiger partial charge in [0.25, 0.3) is 0 Å². The van der Waals surface area contributed by atoms with Gasteiger partial charge in [0.05, 0.1) is 0 Å². The maximum Gasteiger partial charge on any atom is 0.0465 e. The number of rotatable bonds is 6. The normalized spacial score (nSPS) is 14.4. The maximum absolute atomic E-state index is 4.76. The Hall–Kier alpha value is -5.61. The molecular weight excluding hydrogens is 691 g/mol. The average molecular weight is 730 g/mol. The monoisotopic (exact) mass is 729 g/mol. The van der Waals surface area contributed by atoms with E-state index in [9.17, 15) is 0 Å². The molecule has 54 heavy (non-hydrogen) atoms. The molecule has 0 fully saturated rings. The predicted molar refractivity (Wildman–Crippen MR) is 236 cm³/mol. The Morgan fingerprint density at radius 3 is 2.02 bits per heavy atom. The van der Waals surface area contributed by atoms with Crippen LogP contribution in [0.4, 0.5) is 17.1 Å². The Bertz CT molecular complexity index is 2780. The first-order valence-electron chi connectivity index (χ1n) is 18.8. The van der Waals surface area contributed by atoms with Gasteiger partial charge < -0.3 is 4.90 Å². The largest absolute Gasteiger partial charge is 0.310 e. The van der Waals surface area contributed by atoms with Crippen molar-refractivity contribution in [2.45, 2.75) is 37.0 Å². The quantitative estimate of drug-likeness (QED) is 0.167. The smallest absolute Gasteiger partial charge is 0.0465 e.